The number of aliphatic hydroxyl groups is 1. The Morgan fingerprint density at radius 3 is 2.48 bits per heavy atom. The van der Waals surface area contributed by atoms with Crippen molar-refractivity contribution in [3.63, 3.8) is 0 Å². The van der Waals surface area contributed by atoms with E-state index in [1.165, 1.54) is 30.9 Å². The number of halogens is 1. The Bertz CT molecular complexity index is 3220. The fraction of sp³-hybridized carbons (Fsp3) is 0.484. The first kappa shape index (κ1) is 64.5. The maximum atomic E-state index is 14.4. The number of ether oxygens (including phenoxy) is 5. The molecule has 86 heavy (non-hydrogen) atoms. The predicted octanol–water partition coefficient (Wildman–Crippen LogP) is 5.97. The number of esters is 1. The number of hydrogen-bond acceptors (Lipinski definition) is 16. The molecule has 3 saturated heterocycles. The van der Waals surface area contributed by atoms with Crippen LogP contribution in [-0.4, -0.2) is 163 Å². The van der Waals surface area contributed by atoms with Crippen molar-refractivity contribution < 1.29 is 72.0 Å². The Kier molecular flexibility index (Phi) is 21.3. The number of amides is 8. The summed E-state index contributed by atoms with van der Waals surface area (Å²) in [4.78, 5) is 118. The number of likely N-dealkylation sites (tertiary alicyclic amines) is 1. The summed E-state index contributed by atoms with van der Waals surface area (Å²) < 4.78 is 29.4. The molecule has 4 N–H and O–H groups in total. The summed E-state index contributed by atoms with van der Waals surface area (Å²) in [7, 11) is 4.45. The van der Waals surface area contributed by atoms with Crippen LogP contribution in [0.5, 0.6) is 5.75 Å². The second-order valence-corrected chi connectivity index (χ2v) is 23.9. The highest BCUT2D eigenvalue weighted by Gasteiger charge is 2.64. The molecule has 3 fully saturated rings. The van der Waals surface area contributed by atoms with E-state index in [1.807, 2.05) is 67.6 Å². The summed E-state index contributed by atoms with van der Waals surface area (Å²) in [6, 6.07) is 16.9. The van der Waals surface area contributed by atoms with Gasteiger partial charge in [0, 0.05) is 81.6 Å². The zero-order valence-corrected chi connectivity index (χ0v) is 51.0. The molecular weight excluding hydrogens is 1150 g/mol. The van der Waals surface area contributed by atoms with E-state index in [2.05, 4.69) is 28.0 Å². The Labute approximate surface area is 509 Å². The molecule has 0 aliphatic carbocycles. The fourth-order valence-corrected chi connectivity index (χ4v) is 12.1. The fourth-order valence-electron chi connectivity index (χ4n) is 10.7. The van der Waals surface area contributed by atoms with Crippen LogP contribution in [0.25, 0.3) is 0 Å². The number of rotatable bonds is 18. The lowest BCUT2D eigenvalue weighted by Gasteiger charge is -2.41. The second-order valence-electron chi connectivity index (χ2n) is 22.2. The molecule has 24 heteroatoms. The molecule has 5 aliphatic rings. The number of para-hydroxylation sites is 1. The van der Waals surface area contributed by atoms with Crippen LogP contribution in [0.3, 0.4) is 0 Å². The Morgan fingerprint density at radius 1 is 0.977 bits per heavy atom. The maximum Gasteiger partial charge on any atom is 0.409 e. The molecule has 9 atom stereocenters. The number of likely N-dealkylation sites (N-methyl/N-ethyl adjacent to an activating group) is 1. The van der Waals surface area contributed by atoms with Crippen LogP contribution in [0, 0.1) is 23.7 Å². The van der Waals surface area contributed by atoms with Gasteiger partial charge in [-0.2, -0.15) is 0 Å². The molecule has 0 radical (unpaired) electrons. The van der Waals surface area contributed by atoms with Gasteiger partial charge in [0.25, 0.3) is 0 Å². The van der Waals surface area contributed by atoms with E-state index in [9.17, 15) is 43.5 Å². The third kappa shape index (κ3) is 15.4. The minimum Gasteiger partial charge on any atom is -0.495 e. The van der Waals surface area contributed by atoms with Gasteiger partial charge in [0.05, 0.1) is 62.6 Å². The molecule has 5 aliphatic heterocycles. The third-order valence-electron chi connectivity index (χ3n) is 16.2. The second kappa shape index (κ2) is 28.4. The highest BCUT2D eigenvalue weighted by Crippen LogP contribution is 2.49. The quantitative estimate of drug-likeness (QED) is 0.0285. The molecule has 8 rings (SSSR count). The predicted molar refractivity (Wildman–Crippen MR) is 319 cm³/mol. The number of nitrogens with zero attached hydrogens (tertiary/aromatic N) is 4. The highest BCUT2D eigenvalue weighted by molar-refractivity contribution is 8.00. The van der Waals surface area contributed by atoms with Crippen LogP contribution in [0.2, 0.25) is 5.02 Å². The number of epoxide rings is 1. The first-order chi connectivity index (χ1) is 41.0. The van der Waals surface area contributed by atoms with Gasteiger partial charge >= 0.3 is 18.1 Å². The number of nitrogens with one attached hydrogen (secondary N) is 3. The first-order valence-electron chi connectivity index (χ1n) is 28.5. The van der Waals surface area contributed by atoms with Gasteiger partial charge in [0.1, 0.15) is 40.3 Å². The molecule has 3 aromatic carbocycles. The van der Waals surface area contributed by atoms with Crippen LogP contribution in [0.15, 0.2) is 84.5 Å². The first-order valence-corrected chi connectivity index (χ1v) is 29.9. The molecule has 0 saturated carbocycles. The summed E-state index contributed by atoms with van der Waals surface area (Å²) in [5, 5.41) is 16.5. The molecule has 3 aromatic rings. The summed E-state index contributed by atoms with van der Waals surface area (Å²) >= 11 is 7.95. The molecule has 0 spiro atoms. The molecule has 5 heterocycles. The van der Waals surface area contributed by atoms with E-state index in [4.69, 9.17) is 40.1 Å². The molecule has 22 nitrogen and oxygen atoms in total. The van der Waals surface area contributed by atoms with Crippen LogP contribution in [-0.2, 0) is 65.5 Å². The number of methoxy groups -OCH3 is 1. The van der Waals surface area contributed by atoms with Gasteiger partial charge in [-0.15, -0.1) is 11.8 Å². The number of allylic oxidation sites excluding steroid dienone is 3. The largest absolute Gasteiger partial charge is 0.495 e. The van der Waals surface area contributed by atoms with E-state index < -0.39 is 107 Å². The Hall–Kier alpha value is -7.46. The van der Waals surface area contributed by atoms with Gasteiger partial charge in [-0.3, -0.25) is 43.9 Å². The molecule has 4 bridgehead atoms. The third-order valence-corrected chi connectivity index (χ3v) is 17.8. The molecular formula is C62H74ClN7O15S. The van der Waals surface area contributed by atoms with Gasteiger partial charge in [-0.05, 0) is 68.7 Å². The number of fused-ring (bicyclic) bond motifs is 7. The summed E-state index contributed by atoms with van der Waals surface area (Å²) in [5.41, 5.74) is 4.61. The average Bonchev–Trinajstić information content (AvgIpc) is 1.75. The van der Waals surface area contributed by atoms with Crippen LogP contribution in [0.4, 0.5) is 21.0 Å². The number of hydrogen-bond donors (Lipinski definition) is 4. The summed E-state index contributed by atoms with van der Waals surface area (Å²) in [6.45, 7) is 9.22. The topological polar surface area (TPSA) is 265 Å². The van der Waals surface area contributed by atoms with Crippen molar-refractivity contribution in [3.05, 3.63) is 112 Å². The monoisotopic (exact) mass is 1220 g/mol. The van der Waals surface area contributed by atoms with E-state index in [0.717, 1.165) is 38.9 Å². The van der Waals surface area contributed by atoms with Gasteiger partial charge < -0.3 is 43.9 Å². The van der Waals surface area contributed by atoms with Crippen LogP contribution in [0.1, 0.15) is 89.0 Å². The molecule has 8 amide bonds. The van der Waals surface area contributed by atoms with Gasteiger partial charge in [-0.1, -0.05) is 91.4 Å². The van der Waals surface area contributed by atoms with Crippen molar-refractivity contribution in [2.75, 3.05) is 69.7 Å². The standard InChI is InChI=1S/C62H74ClN7O15S/c1-37-14-13-15-38(2)62(79)35-48(83-60(78)65-62)39(3)56-61(5,85-56)50(34-53(73)68(7)46-31-41(30-37)32-47(80-8)55(46)63)84-58(76)40(4)67(6)52(72)23-29-86-49-33-54(74)69(57(49)75)25-22-51(71)64-24-26-81-27-28-82-66-59(77)70-36-44-18-10-9-16-42(44)20-21-43-17-11-12-19-45(43)70/h9-19,31-32,38-40,48-50,56,79H,22-30,33-36H2,1-8H3,(H,64,71)(H,65,78)(H,66,77)/b15-13+,37-14+/t38-,39-,40+,48+,49?,50?,56+,61+,62+/m1/s1. The zero-order chi connectivity index (χ0) is 62.0. The summed E-state index contributed by atoms with van der Waals surface area (Å²) in [5.74, 6) is 2.56. The minimum atomic E-state index is -1.68. The number of carbonyl (C=O) groups excluding carboxylic acids is 8. The average molecular weight is 1220 g/mol. The van der Waals surface area contributed by atoms with Crippen LogP contribution >= 0.6 is 23.4 Å². The number of thioether (sulfide) groups is 1. The van der Waals surface area contributed by atoms with Crippen LogP contribution < -0.4 is 30.7 Å². The Morgan fingerprint density at radius 2 is 1.71 bits per heavy atom. The number of carbonyl (C=O) groups is 8. The smallest absolute Gasteiger partial charge is 0.409 e. The van der Waals surface area contributed by atoms with Gasteiger partial charge in [0.2, 0.25) is 29.5 Å². The number of hydroxylamine groups is 1. The number of alkyl carbamates (subject to hydrolysis) is 1. The van der Waals surface area contributed by atoms with Gasteiger partial charge in [0.15, 0.2) is 0 Å². The van der Waals surface area contributed by atoms with Gasteiger partial charge in [-0.25, -0.2) is 19.9 Å². The molecule has 2 unspecified atom stereocenters. The Balaban J connectivity index is 0.786. The van der Waals surface area contributed by atoms with Crippen molar-refractivity contribution in [2.45, 2.75) is 121 Å². The molecule has 460 valence electrons. The van der Waals surface area contributed by atoms with E-state index in [-0.39, 0.29) is 75.9 Å². The number of benzene rings is 3. The number of urea groups is 1. The molecule has 0 aromatic heterocycles. The zero-order valence-electron chi connectivity index (χ0n) is 49.5. The lowest BCUT2D eigenvalue weighted by atomic mass is 9.82. The highest BCUT2D eigenvalue weighted by atomic mass is 35.5. The van der Waals surface area contributed by atoms with Crippen molar-refractivity contribution in [2.24, 2.45) is 11.8 Å². The van der Waals surface area contributed by atoms with Crippen molar-refractivity contribution in [1.29, 1.82) is 0 Å². The lowest BCUT2D eigenvalue weighted by molar-refractivity contribution is -0.162. The van der Waals surface area contributed by atoms with Crippen molar-refractivity contribution >= 4 is 82.4 Å². The minimum absolute atomic E-state index is 0.00179. The summed E-state index contributed by atoms with van der Waals surface area (Å²) in [6.07, 6.45) is 1.56. The van der Waals surface area contributed by atoms with Crippen molar-refractivity contribution in [1.82, 2.24) is 25.9 Å². The lowest BCUT2D eigenvalue weighted by Crippen LogP contribution is -2.60. The number of imide groups is 1. The number of anilines is 2. The maximum absolute atomic E-state index is 14.4. The van der Waals surface area contributed by atoms with E-state index in [1.54, 1.807) is 50.9 Å². The van der Waals surface area contributed by atoms with E-state index >= 15 is 0 Å². The van der Waals surface area contributed by atoms with E-state index in [0.29, 0.717) is 29.1 Å². The normalized spacial score (nSPS) is 25.8. The SMILES string of the molecule is COc1cc2cc(c1Cl)N(C)C(=O)CC(OC(=O)[C@H](C)N(C)C(=O)CCSC1CC(=O)N(CCC(=O)NCCOCCONC(=O)N3Cc4ccccc4C#Cc4ccccc43)C1=O)[C@]1(C)O[C@H]1[C@H](C)[C@@H]1C[C@@](O)(NC(=O)O1)[C@H](C)/C=C/C=C(\C)C2. The van der Waals surface area contributed by atoms with Crippen molar-refractivity contribution in [3.8, 4) is 17.6 Å².